The molecule has 0 radical (unpaired) electrons. The van der Waals surface area contributed by atoms with Crippen LogP contribution in [0.2, 0.25) is 5.02 Å². The zero-order valence-corrected chi connectivity index (χ0v) is 24.9. The molecule has 0 saturated carbocycles. The summed E-state index contributed by atoms with van der Waals surface area (Å²) in [6.07, 6.45) is 2.06. The number of carboxylic acid groups (broad SMARTS) is 1. The number of fused-ring (bicyclic) bond motifs is 1. The number of rotatable bonds is 9. The zero-order valence-electron chi connectivity index (χ0n) is 23.3. The first-order valence-electron chi connectivity index (χ1n) is 13.2. The highest BCUT2D eigenvalue weighted by Gasteiger charge is 2.25. The number of anilines is 2. The van der Waals surface area contributed by atoms with E-state index in [0.29, 0.717) is 53.9 Å². The van der Waals surface area contributed by atoms with Crippen molar-refractivity contribution in [1.29, 1.82) is 0 Å². The van der Waals surface area contributed by atoms with Crippen LogP contribution in [0.1, 0.15) is 18.4 Å². The largest absolute Gasteiger partial charge is 0.496 e. The Morgan fingerprint density at radius 1 is 1.02 bits per heavy atom. The summed E-state index contributed by atoms with van der Waals surface area (Å²) in [6.45, 7) is 1.33. The van der Waals surface area contributed by atoms with Gasteiger partial charge in [0.15, 0.2) is 11.5 Å². The normalized spacial score (nSPS) is 13.7. The molecule has 1 N–H and O–H groups in total. The van der Waals surface area contributed by atoms with E-state index in [-0.39, 0.29) is 10.3 Å². The van der Waals surface area contributed by atoms with E-state index in [9.17, 15) is 14.3 Å². The van der Waals surface area contributed by atoms with Gasteiger partial charge in [-0.05, 0) is 54.8 Å². The number of amides is 1. The maximum atomic E-state index is 14.2. The van der Waals surface area contributed by atoms with Crippen molar-refractivity contribution < 1.29 is 28.5 Å². The number of hydrogen-bond donors (Lipinski definition) is 1. The molecule has 5 rings (SSSR count). The average molecular weight is 613 g/mol. The summed E-state index contributed by atoms with van der Waals surface area (Å²) in [6, 6.07) is 14.1. The molecule has 0 bridgehead atoms. The molecule has 1 fully saturated rings. The quantitative estimate of drug-likeness (QED) is 0.214. The molecular weight excluding hydrogens is 583 g/mol. The summed E-state index contributed by atoms with van der Waals surface area (Å²) in [5.74, 6) is 1.94. The van der Waals surface area contributed by atoms with E-state index in [4.69, 9.17) is 25.8 Å². The molecule has 2 heterocycles. The van der Waals surface area contributed by atoms with E-state index >= 15 is 0 Å². The number of piperidine rings is 1. The molecule has 1 amide bonds. The lowest BCUT2D eigenvalue weighted by Gasteiger charge is -2.30. The molecule has 0 spiro atoms. The van der Waals surface area contributed by atoms with Crippen molar-refractivity contribution in [1.82, 2.24) is 14.9 Å². The number of likely N-dealkylation sites (tertiary alicyclic amines) is 1. The van der Waals surface area contributed by atoms with Crippen LogP contribution in [0.4, 0.5) is 20.7 Å². The zero-order chi connectivity index (χ0) is 29.8. The summed E-state index contributed by atoms with van der Waals surface area (Å²) < 4.78 is 30.8. The molecule has 4 aromatic rings. The Morgan fingerprint density at radius 3 is 2.43 bits per heavy atom. The van der Waals surface area contributed by atoms with Crippen molar-refractivity contribution in [2.24, 2.45) is 0 Å². The van der Waals surface area contributed by atoms with Gasteiger partial charge in [0.25, 0.3) is 0 Å². The van der Waals surface area contributed by atoms with E-state index in [1.54, 1.807) is 45.2 Å². The number of halogens is 2. The molecule has 12 heteroatoms. The van der Waals surface area contributed by atoms with Crippen molar-refractivity contribution in [3.63, 3.8) is 0 Å². The molecule has 3 aromatic carbocycles. The molecule has 220 valence electrons. The van der Waals surface area contributed by atoms with Crippen molar-refractivity contribution in [3.8, 4) is 17.2 Å². The van der Waals surface area contributed by atoms with Crippen molar-refractivity contribution in [2.45, 2.75) is 29.5 Å². The topological polar surface area (TPSA) is 97.3 Å². The second-order valence-electron chi connectivity index (χ2n) is 9.68. The number of nitrogens with zero attached hydrogens (tertiary/aromatic N) is 4. The van der Waals surface area contributed by atoms with Crippen LogP contribution in [0.25, 0.3) is 10.9 Å². The second kappa shape index (κ2) is 12.9. The van der Waals surface area contributed by atoms with E-state index in [1.165, 1.54) is 17.3 Å². The SMILES string of the molecule is COc1ccc(CN(c2ccc(F)c(Cl)c2)c2ncnc3cc(OC)c(SC4CCN(C(=O)O)CC4)cc23)cc1OC. The first-order chi connectivity index (χ1) is 20.3. The minimum absolute atomic E-state index is 0.00575. The molecule has 0 atom stereocenters. The van der Waals surface area contributed by atoms with Gasteiger partial charge in [0.05, 0.1) is 36.8 Å². The lowest BCUT2D eigenvalue weighted by Crippen LogP contribution is -2.38. The van der Waals surface area contributed by atoms with Crippen LogP contribution in [0.5, 0.6) is 17.2 Å². The Hall–Kier alpha value is -3.96. The van der Waals surface area contributed by atoms with Gasteiger partial charge in [-0.2, -0.15) is 0 Å². The highest BCUT2D eigenvalue weighted by atomic mass is 35.5. The van der Waals surface area contributed by atoms with Gasteiger partial charge < -0.3 is 29.1 Å². The van der Waals surface area contributed by atoms with Crippen LogP contribution in [0, 0.1) is 5.82 Å². The van der Waals surface area contributed by atoms with E-state index in [0.717, 1.165) is 28.7 Å². The van der Waals surface area contributed by atoms with Gasteiger partial charge in [-0.25, -0.2) is 19.2 Å². The predicted octanol–water partition coefficient (Wildman–Crippen LogP) is 7.02. The van der Waals surface area contributed by atoms with Gasteiger partial charge >= 0.3 is 6.09 Å². The van der Waals surface area contributed by atoms with Crippen LogP contribution in [-0.4, -0.2) is 65.7 Å². The fraction of sp³-hybridized carbons (Fsp3) is 0.300. The highest BCUT2D eigenvalue weighted by molar-refractivity contribution is 8.00. The monoisotopic (exact) mass is 612 g/mol. The van der Waals surface area contributed by atoms with Gasteiger partial charge in [-0.1, -0.05) is 17.7 Å². The molecule has 1 saturated heterocycles. The lowest BCUT2D eigenvalue weighted by molar-refractivity contribution is 0.136. The third-order valence-electron chi connectivity index (χ3n) is 7.17. The predicted molar refractivity (Wildman–Crippen MR) is 161 cm³/mol. The lowest BCUT2D eigenvalue weighted by atomic mass is 10.1. The van der Waals surface area contributed by atoms with Gasteiger partial charge in [-0.3, -0.25) is 0 Å². The minimum atomic E-state index is -0.890. The Balaban J connectivity index is 1.57. The smallest absolute Gasteiger partial charge is 0.407 e. The molecule has 1 aliphatic rings. The van der Waals surface area contributed by atoms with Gasteiger partial charge in [0.2, 0.25) is 0 Å². The number of methoxy groups -OCH3 is 3. The van der Waals surface area contributed by atoms with Crippen molar-refractivity contribution in [3.05, 3.63) is 71.3 Å². The summed E-state index contributed by atoms with van der Waals surface area (Å²) in [7, 11) is 4.77. The van der Waals surface area contributed by atoms with E-state index in [2.05, 4.69) is 9.97 Å². The first-order valence-corrected chi connectivity index (χ1v) is 14.5. The van der Waals surface area contributed by atoms with Crippen LogP contribution in [0.3, 0.4) is 0 Å². The fourth-order valence-corrected chi connectivity index (χ4v) is 6.39. The highest BCUT2D eigenvalue weighted by Crippen LogP contribution is 2.42. The standard InChI is InChI=1S/C30H30ClFN4O5S/c1-39-25-7-4-18(12-26(25)40-2)16-36(19-5-6-23(32)22(31)13-19)29-21-14-28(27(41-3)15-24(21)33-17-34-29)42-20-8-10-35(11-9-20)30(37)38/h4-7,12-15,17,20H,8-11,16H2,1-3H3,(H,37,38). The molecule has 42 heavy (non-hydrogen) atoms. The maximum Gasteiger partial charge on any atom is 0.407 e. The third kappa shape index (κ3) is 6.27. The van der Waals surface area contributed by atoms with Crippen LogP contribution in [0.15, 0.2) is 59.8 Å². The number of benzene rings is 3. The van der Waals surface area contributed by atoms with Crippen molar-refractivity contribution >= 4 is 51.9 Å². The van der Waals surface area contributed by atoms with Crippen LogP contribution < -0.4 is 19.1 Å². The van der Waals surface area contributed by atoms with Crippen LogP contribution >= 0.6 is 23.4 Å². The Kier molecular flexibility index (Phi) is 9.08. The van der Waals surface area contributed by atoms with E-state index < -0.39 is 11.9 Å². The summed E-state index contributed by atoms with van der Waals surface area (Å²) in [5, 5.41) is 10.3. The van der Waals surface area contributed by atoms with E-state index in [1.807, 2.05) is 35.2 Å². The molecule has 1 aromatic heterocycles. The number of carbonyl (C=O) groups is 1. The third-order valence-corrected chi connectivity index (χ3v) is 8.83. The molecular formula is C30H30ClFN4O5S. The fourth-order valence-electron chi connectivity index (χ4n) is 4.96. The number of ether oxygens (including phenoxy) is 3. The Labute approximate surface area is 252 Å². The molecule has 0 aliphatic carbocycles. The van der Waals surface area contributed by atoms with Crippen LogP contribution in [-0.2, 0) is 6.54 Å². The number of thioether (sulfide) groups is 1. The Morgan fingerprint density at radius 2 is 1.76 bits per heavy atom. The molecule has 1 aliphatic heterocycles. The number of hydrogen-bond acceptors (Lipinski definition) is 8. The second-order valence-corrected chi connectivity index (χ2v) is 11.4. The summed E-state index contributed by atoms with van der Waals surface area (Å²) in [4.78, 5) is 24.8. The first kappa shape index (κ1) is 29.5. The van der Waals surface area contributed by atoms with Gasteiger partial charge in [0, 0.05) is 42.0 Å². The summed E-state index contributed by atoms with van der Waals surface area (Å²) in [5.41, 5.74) is 2.21. The molecule has 9 nitrogen and oxygen atoms in total. The summed E-state index contributed by atoms with van der Waals surface area (Å²) >= 11 is 7.88. The van der Waals surface area contributed by atoms with Gasteiger partial charge in [0.1, 0.15) is 23.7 Å². The van der Waals surface area contributed by atoms with Crippen molar-refractivity contribution in [2.75, 3.05) is 39.3 Å². The Bertz CT molecular complexity index is 1600. The number of aromatic nitrogens is 2. The molecule has 0 unspecified atom stereocenters. The minimum Gasteiger partial charge on any atom is -0.496 e. The maximum absolute atomic E-state index is 14.2. The van der Waals surface area contributed by atoms with Gasteiger partial charge in [-0.15, -0.1) is 11.8 Å². The average Bonchev–Trinajstić information content (AvgIpc) is 3.01.